The number of ether oxygens (including phenoxy) is 2. The molecule has 2 atom stereocenters. The van der Waals surface area contributed by atoms with E-state index in [-0.39, 0.29) is 5.60 Å². The third-order valence-electron chi connectivity index (χ3n) is 5.10. The monoisotopic (exact) mass is 293 g/mol. The van der Waals surface area contributed by atoms with Gasteiger partial charge < -0.3 is 14.8 Å². The van der Waals surface area contributed by atoms with Crippen LogP contribution in [0.15, 0.2) is 6.20 Å². The molecule has 1 aromatic rings. The summed E-state index contributed by atoms with van der Waals surface area (Å²) in [6.07, 6.45) is 6.46. The van der Waals surface area contributed by atoms with Gasteiger partial charge in [-0.3, -0.25) is 4.68 Å². The molecule has 2 unspecified atom stereocenters. The molecule has 2 fully saturated rings. The molecule has 0 saturated carbocycles. The van der Waals surface area contributed by atoms with Crippen molar-refractivity contribution in [2.45, 2.75) is 44.2 Å². The highest BCUT2D eigenvalue weighted by Gasteiger charge is 2.41. The summed E-state index contributed by atoms with van der Waals surface area (Å²) < 4.78 is 13.6. The highest BCUT2D eigenvalue weighted by Crippen LogP contribution is 2.42. The van der Waals surface area contributed by atoms with E-state index in [9.17, 15) is 0 Å². The highest BCUT2D eigenvalue weighted by atomic mass is 16.5. The van der Waals surface area contributed by atoms with Gasteiger partial charge >= 0.3 is 0 Å². The fourth-order valence-corrected chi connectivity index (χ4v) is 4.01. The molecule has 1 spiro atoms. The third-order valence-corrected chi connectivity index (χ3v) is 5.10. The first kappa shape index (κ1) is 15.0. The first-order valence-corrected chi connectivity index (χ1v) is 8.03. The van der Waals surface area contributed by atoms with Gasteiger partial charge in [-0.2, -0.15) is 5.10 Å². The Morgan fingerprint density at radius 3 is 2.76 bits per heavy atom. The Morgan fingerprint density at radius 1 is 1.38 bits per heavy atom. The maximum Gasteiger partial charge on any atom is 0.0729 e. The van der Waals surface area contributed by atoms with Gasteiger partial charge in [-0.05, 0) is 45.6 Å². The minimum atomic E-state index is 0.0480. The summed E-state index contributed by atoms with van der Waals surface area (Å²) in [5, 5.41) is 8.03. The maximum atomic E-state index is 6.17. The normalized spacial score (nSPS) is 26.9. The molecule has 0 aromatic carbocycles. The van der Waals surface area contributed by atoms with Crippen LogP contribution in [0.3, 0.4) is 0 Å². The van der Waals surface area contributed by atoms with E-state index in [0.29, 0.717) is 12.0 Å². The van der Waals surface area contributed by atoms with E-state index in [1.807, 2.05) is 11.7 Å². The van der Waals surface area contributed by atoms with Crippen LogP contribution >= 0.6 is 0 Å². The van der Waals surface area contributed by atoms with E-state index in [2.05, 4.69) is 30.6 Å². The average Bonchev–Trinajstić information content (AvgIpc) is 2.80. The van der Waals surface area contributed by atoms with Crippen molar-refractivity contribution in [1.29, 1.82) is 0 Å². The summed E-state index contributed by atoms with van der Waals surface area (Å²) in [6, 6.07) is 0.363. The van der Waals surface area contributed by atoms with Crippen molar-refractivity contribution in [2.24, 2.45) is 13.0 Å². The summed E-state index contributed by atoms with van der Waals surface area (Å²) in [6.45, 7) is 4.64. The van der Waals surface area contributed by atoms with E-state index in [1.54, 1.807) is 0 Å². The third kappa shape index (κ3) is 3.00. The molecule has 0 amide bonds. The van der Waals surface area contributed by atoms with Gasteiger partial charge in [-0.1, -0.05) is 0 Å². The van der Waals surface area contributed by atoms with Crippen LogP contribution in [0.5, 0.6) is 0 Å². The molecule has 5 heteroatoms. The molecular weight excluding hydrogens is 266 g/mol. The van der Waals surface area contributed by atoms with Gasteiger partial charge in [-0.15, -0.1) is 0 Å². The van der Waals surface area contributed by atoms with E-state index >= 15 is 0 Å². The molecule has 2 aliphatic heterocycles. The average molecular weight is 293 g/mol. The van der Waals surface area contributed by atoms with Gasteiger partial charge in [0, 0.05) is 44.7 Å². The van der Waals surface area contributed by atoms with Crippen molar-refractivity contribution in [3.8, 4) is 0 Å². The lowest BCUT2D eigenvalue weighted by molar-refractivity contribution is -0.150. The van der Waals surface area contributed by atoms with Gasteiger partial charge in [0.2, 0.25) is 0 Å². The fraction of sp³-hybridized carbons (Fsp3) is 0.812. The predicted octanol–water partition coefficient (Wildman–Crippen LogP) is 1.96. The lowest BCUT2D eigenvalue weighted by Gasteiger charge is -2.45. The van der Waals surface area contributed by atoms with Crippen molar-refractivity contribution >= 4 is 0 Å². The molecule has 1 N–H and O–H groups in total. The van der Waals surface area contributed by atoms with Gasteiger partial charge in [0.1, 0.15) is 0 Å². The Bertz CT molecular complexity index is 474. The zero-order valence-electron chi connectivity index (χ0n) is 13.4. The van der Waals surface area contributed by atoms with Gasteiger partial charge in [0.15, 0.2) is 0 Å². The summed E-state index contributed by atoms with van der Waals surface area (Å²) in [7, 11) is 4.05. The molecule has 118 valence electrons. The first-order valence-electron chi connectivity index (χ1n) is 8.03. The number of nitrogens with zero attached hydrogens (tertiary/aromatic N) is 2. The predicted molar refractivity (Wildman–Crippen MR) is 81.2 cm³/mol. The Labute approximate surface area is 127 Å². The number of hydrogen-bond acceptors (Lipinski definition) is 4. The second kappa shape index (κ2) is 6.07. The van der Waals surface area contributed by atoms with Crippen LogP contribution in [0.25, 0.3) is 0 Å². The molecule has 2 aliphatic rings. The molecule has 3 heterocycles. The summed E-state index contributed by atoms with van der Waals surface area (Å²) in [4.78, 5) is 0. The van der Waals surface area contributed by atoms with Crippen LogP contribution in [0, 0.1) is 12.8 Å². The molecule has 3 rings (SSSR count). The number of nitrogens with one attached hydrogen (secondary N) is 1. The van der Waals surface area contributed by atoms with Gasteiger partial charge in [-0.25, -0.2) is 0 Å². The summed E-state index contributed by atoms with van der Waals surface area (Å²) in [5.41, 5.74) is 2.50. The van der Waals surface area contributed by atoms with Crippen molar-refractivity contribution in [1.82, 2.24) is 15.1 Å². The Balaban J connectivity index is 1.78. The van der Waals surface area contributed by atoms with Crippen LogP contribution in [0.1, 0.15) is 43.0 Å². The van der Waals surface area contributed by atoms with E-state index in [1.165, 1.54) is 5.56 Å². The van der Waals surface area contributed by atoms with Gasteiger partial charge in [0.05, 0.1) is 11.3 Å². The molecule has 0 aliphatic carbocycles. The van der Waals surface area contributed by atoms with E-state index in [4.69, 9.17) is 9.47 Å². The van der Waals surface area contributed by atoms with Crippen LogP contribution < -0.4 is 5.32 Å². The fourth-order valence-electron chi connectivity index (χ4n) is 4.01. The maximum absolute atomic E-state index is 6.17. The molecule has 0 bridgehead atoms. The van der Waals surface area contributed by atoms with Crippen LogP contribution in [0.4, 0.5) is 0 Å². The lowest BCUT2D eigenvalue weighted by Crippen LogP contribution is -2.46. The quantitative estimate of drug-likeness (QED) is 0.925. The second-order valence-corrected chi connectivity index (χ2v) is 6.51. The molecular formula is C16H27N3O2. The molecule has 0 radical (unpaired) electrons. The van der Waals surface area contributed by atoms with Crippen LogP contribution in [0.2, 0.25) is 0 Å². The number of rotatable bonds is 3. The number of hydrogen-bond donors (Lipinski definition) is 1. The Morgan fingerprint density at radius 2 is 2.14 bits per heavy atom. The Hall–Kier alpha value is -0.910. The van der Waals surface area contributed by atoms with Gasteiger partial charge in [0.25, 0.3) is 0 Å². The van der Waals surface area contributed by atoms with Crippen molar-refractivity contribution in [3.63, 3.8) is 0 Å². The second-order valence-electron chi connectivity index (χ2n) is 6.51. The highest BCUT2D eigenvalue weighted by molar-refractivity contribution is 5.21. The Kier molecular flexibility index (Phi) is 4.33. The molecule has 21 heavy (non-hydrogen) atoms. The summed E-state index contributed by atoms with van der Waals surface area (Å²) in [5.74, 6) is 0.602. The van der Waals surface area contributed by atoms with Crippen molar-refractivity contribution in [2.75, 3.05) is 26.9 Å². The van der Waals surface area contributed by atoms with Crippen molar-refractivity contribution < 1.29 is 9.47 Å². The minimum Gasteiger partial charge on any atom is -0.381 e. The zero-order valence-corrected chi connectivity index (χ0v) is 13.4. The molecule has 2 saturated heterocycles. The van der Waals surface area contributed by atoms with Crippen LogP contribution in [-0.2, 0) is 16.5 Å². The standard InChI is InChI=1S/C16H27N3O2/c1-12-14(11-19(3)18-12)15(17-2)13-4-7-21-16(10-13)5-8-20-9-6-16/h11,13,15,17H,4-10H2,1-3H3. The van der Waals surface area contributed by atoms with Crippen LogP contribution in [-0.4, -0.2) is 42.2 Å². The minimum absolute atomic E-state index is 0.0480. The first-order chi connectivity index (χ1) is 10.1. The van der Waals surface area contributed by atoms with Crippen molar-refractivity contribution in [3.05, 3.63) is 17.5 Å². The molecule has 1 aromatic heterocycles. The smallest absolute Gasteiger partial charge is 0.0729 e. The molecule has 5 nitrogen and oxygen atoms in total. The van der Waals surface area contributed by atoms with E-state index in [0.717, 1.165) is 51.2 Å². The lowest BCUT2D eigenvalue weighted by atomic mass is 9.76. The van der Waals surface area contributed by atoms with E-state index < -0.39 is 0 Å². The zero-order chi connectivity index (χ0) is 14.9. The topological polar surface area (TPSA) is 48.3 Å². The SMILES string of the molecule is CNC(c1cn(C)nc1C)C1CCOC2(CCOCC2)C1. The number of aromatic nitrogens is 2. The summed E-state index contributed by atoms with van der Waals surface area (Å²) >= 11 is 0. The largest absolute Gasteiger partial charge is 0.381 e. The number of aryl methyl sites for hydroxylation is 2.